The zero-order valence-electron chi connectivity index (χ0n) is 17.2. The molecule has 0 spiro atoms. The molecular weight excluding hydrogens is 358 g/mol. The smallest absolute Gasteiger partial charge is 0.249 e. The summed E-state index contributed by atoms with van der Waals surface area (Å²) < 4.78 is 8.76. The molecule has 2 aromatic carbocycles. The molecule has 0 radical (unpaired) electrons. The minimum absolute atomic E-state index is 0.946. The van der Waals surface area contributed by atoms with Gasteiger partial charge in [-0.05, 0) is 49.2 Å². The van der Waals surface area contributed by atoms with Gasteiger partial charge in [-0.15, -0.1) is 0 Å². The maximum atomic E-state index is 3.54. The van der Waals surface area contributed by atoms with Crippen molar-refractivity contribution < 1.29 is 9.13 Å². The van der Waals surface area contributed by atoms with E-state index in [-0.39, 0.29) is 0 Å². The molecule has 0 saturated carbocycles. The van der Waals surface area contributed by atoms with Crippen LogP contribution in [0.3, 0.4) is 0 Å². The van der Waals surface area contributed by atoms with E-state index in [1.165, 1.54) is 22.5 Å². The minimum Gasteiger partial charge on any atom is -0.309 e. The van der Waals surface area contributed by atoms with Gasteiger partial charge in [-0.2, -0.15) is 0 Å². The highest BCUT2D eigenvalue weighted by atomic mass is 15.1. The molecule has 0 aliphatic carbocycles. The van der Waals surface area contributed by atoms with Crippen LogP contribution in [0.2, 0.25) is 0 Å². The van der Waals surface area contributed by atoms with E-state index in [0.717, 1.165) is 26.2 Å². The van der Waals surface area contributed by atoms with E-state index in [2.05, 4.69) is 123 Å². The van der Waals surface area contributed by atoms with Gasteiger partial charge in [0.05, 0.1) is 0 Å². The molecule has 2 aromatic heterocycles. The van der Waals surface area contributed by atoms with Crippen LogP contribution in [0.5, 0.6) is 0 Å². The Bertz CT molecular complexity index is 990. The summed E-state index contributed by atoms with van der Waals surface area (Å²) in [7, 11) is 0. The van der Waals surface area contributed by atoms with Crippen molar-refractivity contribution in [3.05, 3.63) is 97.1 Å². The highest BCUT2D eigenvalue weighted by Crippen LogP contribution is 2.09. The Morgan fingerprint density at radius 3 is 1.66 bits per heavy atom. The lowest BCUT2D eigenvalue weighted by molar-refractivity contribution is -0.697. The predicted molar refractivity (Wildman–Crippen MR) is 114 cm³/mol. The summed E-state index contributed by atoms with van der Waals surface area (Å²) in [5.74, 6) is 0. The maximum absolute atomic E-state index is 3.54. The van der Waals surface area contributed by atoms with E-state index in [0.29, 0.717) is 0 Å². The molecule has 0 unspecified atom stereocenters. The molecule has 5 heteroatoms. The first-order valence-corrected chi connectivity index (χ1v) is 10.2. The van der Waals surface area contributed by atoms with Gasteiger partial charge in [0.1, 0.15) is 49.3 Å². The van der Waals surface area contributed by atoms with E-state index in [1.807, 2.05) is 0 Å². The molecule has 1 N–H and O–H groups in total. The Hall–Kier alpha value is -3.18. The maximum Gasteiger partial charge on any atom is 0.249 e. The zero-order valence-corrected chi connectivity index (χ0v) is 17.2. The van der Waals surface area contributed by atoms with Gasteiger partial charge in [-0.25, -0.2) is 18.3 Å². The molecule has 0 atom stereocenters. The van der Waals surface area contributed by atoms with Crippen molar-refractivity contribution in [1.29, 1.82) is 0 Å². The summed E-state index contributed by atoms with van der Waals surface area (Å²) in [6.07, 6.45) is 12.8. The Morgan fingerprint density at radius 1 is 0.724 bits per heavy atom. The van der Waals surface area contributed by atoms with Gasteiger partial charge in [-0.1, -0.05) is 24.3 Å². The molecule has 4 rings (SSSR count). The Labute approximate surface area is 172 Å². The number of hydrogen-bond donors (Lipinski definition) is 1. The average Bonchev–Trinajstić information content (AvgIpc) is 3.38. The molecule has 4 aromatic rings. The van der Waals surface area contributed by atoms with Crippen LogP contribution in [0.15, 0.2) is 86.0 Å². The molecular formula is C24H29N5+2. The van der Waals surface area contributed by atoms with Crippen molar-refractivity contribution in [3.63, 3.8) is 0 Å². The van der Waals surface area contributed by atoms with Crippen molar-refractivity contribution in [1.82, 2.24) is 14.5 Å². The fourth-order valence-corrected chi connectivity index (χ4v) is 3.48. The van der Waals surface area contributed by atoms with Gasteiger partial charge in [0.15, 0.2) is 0 Å². The molecule has 0 fully saturated rings. The number of nitrogens with zero attached hydrogens (tertiary/aromatic N) is 4. The minimum atomic E-state index is 0.946. The summed E-state index contributed by atoms with van der Waals surface area (Å²) in [6, 6.07) is 17.1. The lowest BCUT2D eigenvalue weighted by Gasteiger charge is -2.01. The third kappa shape index (κ3) is 5.00. The van der Waals surface area contributed by atoms with E-state index >= 15 is 0 Å². The monoisotopic (exact) mass is 387 g/mol. The fourth-order valence-electron chi connectivity index (χ4n) is 3.48. The highest BCUT2D eigenvalue weighted by molar-refractivity contribution is 5.35. The van der Waals surface area contributed by atoms with Crippen LogP contribution in [-0.4, -0.2) is 22.2 Å². The van der Waals surface area contributed by atoms with E-state index < -0.39 is 0 Å². The third-order valence-electron chi connectivity index (χ3n) is 5.08. The number of aromatic nitrogens is 4. The molecule has 29 heavy (non-hydrogen) atoms. The first-order valence-electron chi connectivity index (χ1n) is 10.2. The van der Waals surface area contributed by atoms with Crippen LogP contribution in [0.4, 0.5) is 0 Å². The van der Waals surface area contributed by atoms with E-state index in [1.54, 1.807) is 0 Å². The number of nitrogens with one attached hydrogen (secondary N) is 1. The van der Waals surface area contributed by atoms with Crippen LogP contribution in [0.25, 0.3) is 11.4 Å². The van der Waals surface area contributed by atoms with Crippen LogP contribution < -0.4 is 14.5 Å². The third-order valence-corrected chi connectivity index (χ3v) is 5.08. The topological polar surface area (TPSA) is 29.6 Å². The Morgan fingerprint density at radius 2 is 1.21 bits per heavy atom. The van der Waals surface area contributed by atoms with Gasteiger partial charge >= 0.3 is 0 Å². The van der Waals surface area contributed by atoms with Gasteiger partial charge in [0.2, 0.25) is 12.7 Å². The van der Waals surface area contributed by atoms with Crippen LogP contribution >= 0.6 is 0 Å². The fraction of sp³-hybridized carbons (Fsp3) is 0.250. The second-order valence-electron chi connectivity index (χ2n) is 7.55. The lowest BCUT2D eigenvalue weighted by Crippen LogP contribution is -2.41. The Kier molecular flexibility index (Phi) is 5.86. The summed E-state index contributed by atoms with van der Waals surface area (Å²) in [5.41, 5.74) is 4.95. The first-order chi connectivity index (χ1) is 14.2. The molecule has 148 valence electrons. The summed E-state index contributed by atoms with van der Waals surface area (Å²) in [5, 5.41) is 3.54. The standard InChI is InChI=1S/C24H29N5/c1-21-5-3-7-23(17-21)28-15-13-26(19-28)11-9-25-10-12-27-14-16-29(20-27)24-8-4-6-22(2)18-24/h3-8,13-20,25H,9-12H2,1-2H3/q+2. The Balaban J connectivity index is 1.23. The van der Waals surface area contributed by atoms with Crippen molar-refractivity contribution in [2.45, 2.75) is 26.9 Å². The predicted octanol–water partition coefficient (Wildman–Crippen LogP) is 2.75. The number of hydrogen-bond acceptors (Lipinski definition) is 1. The van der Waals surface area contributed by atoms with Gasteiger partial charge in [0.25, 0.3) is 0 Å². The van der Waals surface area contributed by atoms with Crippen molar-refractivity contribution in [3.8, 4) is 11.4 Å². The second-order valence-corrected chi connectivity index (χ2v) is 7.55. The second kappa shape index (κ2) is 8.88. The molecule has 5 nitrogen and oxygen atoms in total. The molecule has 2 heterocycles. The number of aryl methyl sites for hydroxylation is 2. The zero-order chi connectivity index (χ0) is 20.1. The molecule has 0 aliphatic heterocycles. The molecule has 0 saturated heterocycles. The first kappa shape index (κ1) is 19.2. The van der Waals surface area contributed by atoms with Gasteiger partial charge in [-0.3, -0.25) is 0 Å². The summed E-state index contributed by atoms with van der Waals surface area (Å²) >= 11 is 0. The molecule has 0 aliphatic rings. The summed E-state index contributed by atoms with van der Waals surface area (Å²) in [6.45, 7) is 8.04. The van der Waals surface area contributed by atoms with E-state index in [4.69, 9.17) is 0 Å². The van der Waals surface area contributed by atoms with Crippen LogP contribution in [0, 0.1) is 13.8 Å². The number of benzene rings is 2. The van der Waals surface area contributed by atoms with Gasteiger partial charge < -0.3 is 5.32 Å². The molecule has 0 bridgehead atoms. The lowest BCUT2D eigenvalue weighted by atomic mass is 10.2. The molecule has 0 amide bonds. The average molecular weight is 388 g/mol. The quantitative estimate of drug-likeness (QED) is 0.366. The van der Waals surface area contributed by atoms with Gasteiger partial charge in [0, 0.05) is 13.1 Å². The van der Waals surface area contributed by atoms with Crippen LogP contribution in [-0.2, 0) is 13.1 Å². The normalized spacial score (nSPS) is 11.1. The number of imidazole rings is 2. The van der Waals surface area contributed by atoms with Crippen molar-refractivity contribution in [2.24, 2.45) is 0 Å². The summed E-state index contributed by atoms with van der Waals surface area (Å²) in [4.78, 5) is 0. The van der Waals surface area contributed by atoms with Crippen molar-refractivity contribution >= 4 is 0 Å². The van der Waals surface area contributed by atoms with E-state index in [9.17, 15) is 0 Å². The van der Waals surface area contributed by atoms with Crippen molar-refractivity contribution in [2.75, 3.05) is 13.1 Å². The highest BCUT2D eigenvalue weighted by Gasteiger charge is 2.08. The SMILES string of the molecule is Cc1cccc(-n2cc[n+](CCNCC[n+]3ccn(-c4cccc(C)c4)c3)c2)c1. The largest absolute Gasteiger partial charge is 0.309 e. The van der Waals surface area contributed by atoms with Crippen LogP contribution in [0.1, 0.15) is 11.1 Å². The number of rotatable bonds is 8.